The number of nitrogens with two attached hydrogens (primary N) is 2. The van der Waals surface area contributed by atoms with Crippen LogP contribution in [0.5, 0.6) is 0 Å². The highest BCUT2D eigenvalue weighted by atomic mass is 16.6. The van der Waals surface area contributed by atoms with Crippen LogP contribution in [0.25, 0.3) is 11.2 Å². The summed E-state index contributed by atoms with van der Waals surface area (Å²) in [6, 6.07) is -0.420. The predicted molar refractivity (Wildman–Crippen MR) is 93.8 cm³/mol. The second-order valence-corrected chi connectivity index (χ2v) is 6.60. The SMILES string of the molecule is CCCCCC(N)c1nc2c(N)ncnc2n1[C@@H]1O[C@H](CO)[C@@H](O)[C@H]1O. The summed E-state index contributed by atoms with van der Waals surface area (Å²) in [5.74, 6) is 0.653. The van der Waals surface area contributed by atoms with E-state index in [1.54, 1.807) is 4.57 Å². The van der Waals surface area contributed by atoms with Crippen LogP contribution in [0.2, 0.25) is 0 Å². The van der Waals surface area contributed by atoms with E-state index >= 15 is 0 Å². The van der Waals surface area contributed by atoms with Crippen molar-refractivity contribution in [2.75, 3.05) is 12.3 Å². The summed E-state index contributed by atoms with van der Waals surface area (Å²) in [7, 11) is 0. The smallest absolute Gasteiger partial charge is 0.167 e. The summed E-state index contributed by atoms with van der Waals surface area (Å²) in [5, 5.41) is 29.9. The van der Waals surface area contributed by atoms with Gasteiger partial charge in [0.1, 0.15) is 30.5 Å². The van der Waals surface area contributed by atoms with Crippen LogP contribution in [0, 0.1) is 0 Å². The van der Waals surface area contributed by atoms with E-state index in [2.05, 4.69) is 21.9 Å². The molecule has 3 heterocycles. The third kappa shape index (κ3) is 3.26. The largest absolute Gasteiger partial charge is 0.394 e. The molecule has 0 bridgehead atoms. The molecule has 1 aliphatic rings. The molecule has 0 amide bonds. The number of fused-ring (bicyclic) bond motifs is 1. The van der Waals surface area contributed by atoms with Gasteiger partial charge in [-0.15, -0.1) is 0 Å². The standard InChI is InChI=1S/C16H26N6O4/c1-2-3-4-5-8(17)14-21-10-13(18)19-7-20-15(10)22(14)16-12(25)11(24)9(6-23)26-16/h7-9,11-12,16,23-25H,2-6,17H2,1H3,(H2,18,19,20)/t8?,9-,11-,12-,16-/m1/s1. The molecule has 1 unspecified atom stereocenters. The molecule has 1 fully saturated rings. The summed E-state index contributed by atoms with van der Waals surface area (Å²) < 4.78 is 7.22. The Hall–Kier alpha value is -1.85. The molecule has 5 atom stereocenters. The van der Waals surface area contributed by atoms with E-state index in [0.29, 0.717) is 23.4 Å². The van der Waals surface area contributed by atoms with Crippen LogP contribution >= 0.6 is 0 Å². The number of imidazole rings is 1. The van der Waals surface area contributed by atoms with Crippen LogP contribution in [0.1, 0.15) is 50.7 Å². The number of hydrogen-bond acceptors (Lipinski definition) is 9. The number of nitrogen functional groups attached to an aromatic ring is 1. The molecule has 0 aliphatic carbocycles. The van der Waals surface area contributed by atoms with E-state index in [-0.39, 0.29) is 5.82 Å². The lowest BCUT2D eigenvalue weighted by Crippen LogP contribution is -2.33. The molecular formula is C16H26N6O4. The van der Waals surface area contributed by atoms with Crippen LogP contribution in [0.4, 0.5) is 5.82 Å². The highest BCUT2D eigenvalue weighted by molar-refractivity contribution is 5.82. The van der Waals surface area contributed by atoms with Crippen molar-refractivity contribution >= 4 is 17.0 Å². The minimum absolute atomic E-state index is 0.197. The predicted octanol–water partition coefficient (Wildman–Crippen LogP) is -0.400. The topological polar surface area (TPSA) is 166 Å². The van der Waals surface area contributed by atoms with Gasteiger partial charge in [-0.05, 0) is 6.42 Å². The Bertz CT molecular complexity index is 754. The van der Waals surface area contributed by atoms with Crippen molar-refractivity contribution in [1.29, 1.82) is 0 Å². The number of aliphatic hydroxyl groups excluding tert-OH is 3. The van der Waals surface area contributed by atoms with E-state index in [1.165, 1.54) is 6.33 Å². The van der Waals surface area contributed by atoms with E-state index in [1.807, 2.05) is 0 Å². The third-order valence-electron chi connectivity index (χ3n) is 4.75. The van der Waals surface area contributed by atoms with Crippen LogP contribution in [0.15, 0.2) is 6.33 Å². The highest BCUT2D eigenvalue weighted by Crippen LogP contribution is 2.35. The number of rotatable bonds is 7. The normalized spacial score (nSPS) is 27.3. The van der Waals surface area contributed by atoms with Crippen molar-refractivity contribution in [2.24, 2.45) is 5.73 Å². The minimum Gasteiger partial charge on any atom is -0.394 e. The van der Waals surface area contributed by atoms with Gasteiger partial charge in [-0.1, -0.05) is 26.2 Å². The molecule has 10 nitrogen and oxygen atoms in total. The van der Waals surface area contributed by atoms with Gasteiger partial charge in [-0.25, -0.2) is 15.0 Å². The molecule has 0 spiro atoms. The van der Waals surface area contributed by atoms with Crippen molar-refractivity contribution in [1.82, 2.24) is 19.5 Å². The first-order valence-corrected chi connectivity index (χ1v) is 8.85. The lowest BCUT2D eigenvalue weighted by molar-refractivity contribution is -0.0527. The van der Waals surface area contributed by atoms with Crippen LogP contribution < -0.4 is 11.5 Å². The summed E-state index contributed by atoms with van der Waals surface area (Å²) in [5.41, 5.74) is 13.0. The molecule has 144 valence electrons. The molecule has 0 saturated carbocycles. The molecule has 0 aromatic carbocycles. The van der Waals surface area contributed by atoms with Gasteiger partial charge < -0.3 is 31.5 Å². The zero-order valence-electron chi connectivity index (χ0n) is 14.7. The number of aliphatic hydroxyl groups is 3. The van der Waals surface area contributed by atoms with E-state index in [0.717, 1.165) is 19.3 Å². The van der Waals surface area contributed by atoms with E-state index in [4.69, 9.17) is 16.2 Å². The van der Waals surface area contributed by atoms with Crippen LogP contribution in [0.3, 0.4) is 0 Å². The van der Waals surface area contributed by atoms with Gasteiger partial charge in [-0.2, -0.15) is 0 Å². The van der Waals surface area contributed by atoms with Crippen molar-refractivity contribution < 1.29 is 20.1 Å². The second kappa shape index (κ2) is 7.80. The first-order valence-electron chi connectivity index (χ1n) is 8.85. The maximum Gasteiger partial charge on any atom is 0.167 e. The van der Waals surface area contributed by atoms with Crippen LogP contribution in [-0.2, 0) is 4.74 Å². The average molecular weight is 366 g/mol. The number of nitrogens with zero attached hydrogens (tertiary/aromatic N) is 4. The minimum atomic E-state index is -1.26. The van der Waals surface area contributed by atoms with Gasteiger partial charge >= 0.3 is 0 Å². The molecule has 3 rings (SSSR count). The summed E-state index contributed by atoms with van der Waals surface area (Å²) in [4.78, 5) is 12.7. The molecule has 1 aliphatic heterocycles. The Balaban J connectivity index is 2.04. The van der Waals surface area contributed by atoms with Gasteiger partial charge in [-0.3, -0.25) is 4.57 Å². The lowest BCUT2D eigenvalue weighted by Gasteiger charge is -2.21. The zero-order chi connectivity index (χ0) is 18.8. The van der Waals surface area contributed by atoms with Crippen molar-refractivity contribution in [2.45, 2.75) is 63.2 Å². The van der Waals surface area contributed by atoms with Gasteiger partial charge in [0.05, 0.1) is 12.6 Å². The Labute approximate surface area is 150 Å². The van der Waals surface area contributed by atoms with Gasteiger partial charge in [0.2, 0.25) is 0 Å². The first kappa shape index (κ1) is 18.9. The Morgan fingerprint density at radius 1 is 1.27 bits per heavy atom. The molecule has 2 aromatic heterocycles. The van der Waals surface area contributed by atoms with E-state index < -0.39 is 37.2 Å². The molecule has 7 N–H and O–H groups in total. The molecule has 26 heavy (non-hydrogen) atoms. The molecular weight excluding hydrogens is 340 g/mol. The van der Waals surface area contributed by atoms with Crippen molar-refractivity contribution in [3.8, 4) is 0 Å². The Morgan fingerprint density at radius 3 is 2.69 bits per heavy atom. The summed E-state index contributed by atoms with van der Waals surface area (Å²) in [6.07, 6.45) is 0.651. The molecule has 2 aromatic rings. The number of aromatic nitrogens is 4. The van der Waals surface area contributed by atoms with Gasteiger partial charge in [0.15, 0.2) is 23.2 Å². The van der Waals surface area contributed by atoms with Crippen molar-refractivity contribution in [3.63, 3.8) is 0 Å². The second-order valence-electron chi connectivity index (χ2n) is 6.60. The monoisotopic (exact) mass is 366 g/mol. The molecule has 10 heteroatoms. The van der Waals surface area contributed by atoms with E-state index in [9.17, 15) is 15.3 Å². The zero-order valence-corrected chi connectivity index (χ0v) is 14.7. The van der Waals surface area contributed by atoms with Crippen LogP contribution in [-0.4, -0.2) is 59.8 Å². The first-order chi connectivity index (χ1) is 12.5. The maximum absolute atomic E-state index is 10.4. The number of anilines is 1. The van der Waals surface area contributed by atoms with Gasteiger partial charge in [0.25, 0.3) is 0 Å². The number of ether oxygens (including phenoxy) is 1. The molecule has 0 radical (unpaired) electrons. The third-order valence-corrected chi connectivity index (χ3v) is 4.75. The Kier molecular flexibility index (Phi) is 5.68. The average Bonchev–Trinajstić information content (AvgIpc) is 3.15. The fraction of sp³-hybridized carbons (Fsp3) is 0.688. The fourth-order valence-electron chi connectivity index (χ4n) is 3.29. The fourth-order valence-corrected chi connectivity index (χ4v) is 3.29. The summed E-state index contributed by atoms with van der Waals surface area (Å²) >= 11 is 0. The summed E-state index contributed by atoms with van der Waals surface area (Å²) in [6.45, 7) is 1.69. The molecule has 1 saturated heterocycles. The van der Waals surface area contributed by atoms with Crippen molar-refractivity contribution in [3.05, 3.63) is 12.2 Å². The number of hydrogen-bond donors (Lipinski definition) is 5. The number of unbranched alkanes of at least 4 members (excludes halogenated alkanes) is 2. The lowest BCUT2D eigenvalue weighted by atomic mass is 10.1. The highest BCUT2D eigenvalue weighted by Gasteiger charge is 2.45. The Morgan fingerprint density at radius 2 is 2.04 bits per heavy atom. The van der Waals surface area contributed by atoms with Gasteiger partial charge in [0, 0.05) is 0 Å². The quantitative estimate of drug-likeness (QED) is 0.410. The maximum atomic E-state index is 10.4.